The number of hydrogen-bond acceptors (Lipinski definition) is 0. The highest BCUT2D eigenvalue weighted by Gasteiger charge is 2.21. The van der Waals surface area contributed by atoms with E-state index in [-0.39, 0.29) is 6.42 Å². The molecule has 0 heterocycles. The standard InChI is InChI=1S/C21H30F2/c1-2-17-9-13-19(14-10-17)20-15-11-18(12-16-20)7-5-3-4-6-8-21(22)23/h4,6,9-10,13-14,18,20-21H,2-3,5,7-8,11-12,15-16H2,1H3/b6-4+. The van der Waals surface area contributed by atoms with Gasteiger partial charge >= 0.3 is 0 Å². The molecule has 128 valence electrons. The molecule has 0 aromatic heterocycles. The minimum absolute atomic E-state index is 0.0953. The minimum Gasteiger partial charge on any atom is -0.210 e. The van der Waals surface area contributed by atoms with E-state index in [0.717, 1.165) is 31.1 Å². The topological polar surface area (TPSA) is 0 Å². The molecule has 0 spiro atoms. The number of rotatable bonds is 8. The van der Waals surface area contributed by atoms with Crippen molar-refractivity contribution in [3.8, 4) is 0 Å². The van der Waals surface area contributed by atoms with Crippen LogP contribution in [0.2, 0.25) is 0 Å². The predicted octanol–water partition coefficient (Wildman–Crippen LogP) is 6.90. The Morgan fingerprint density at radius 2 is 1.74 bits per heavy atom. The zero-order valence-electron chi connectivity index (χ0n) is 14.3. The highest BCUT2D eigenvalue weighted by atomic mass is 19.3. The monoisotopic (exact) mass is 320 g/mol. The van der Waals surface area contributed by atoms with Crippen LogP contribution >= 0.6 is 0 Å². The molecule has 1 aliphatic rings. The maximum absolute atomic E-state index is 12.0. The van der Waals surface area contributed by atoms with Gasteiger partial charge < -0.3 is 0 Å². The summed E-state index contributed by atoms with van der Waals surface area (Å²) in [5.41, 5.74) is 2.93. The van der Waals surface area contributed by atoms with E-state index in [4.69, 9.17) is 0 Å². The van der Waals surface area contributed by atoms with Crippen LogP contribution in [-0.4, -0.2) is 6.43 Å². The van der Waals surface area contributed by atoms with E-state index < -0.39 is 6.43 Å². The smallest absolute Gasteiger partial charge is 0.210 e. The zero-order valence-corrected chi connectivity index (χ0v) is 14.3. The molecule has 0 radical (unpaired) electrons. The Kier molecular flexibility index (Phi) is 7.78. The van der Waals surface area contributed by atoms with Crippen molar-refractivity contribution in [2.45, 2.75) is 77.1 Å². The third-order valence-corrected chi connectivity index (χ3v) is 5.17. The van der Waals surface area contributed by atoms with Gasteiger partial charge in [-0.15, -0.1) is 0 Å². The first-order chi connectivity index (χ1) is 11.2. The molecule has 0 aliphatic heterocycles. The van der Waals surface area contributed by atoms with Crippen molar-refractivity contribution >= 4 is 0 Å². The van der Waals surface area contributed by atoms with E-state index in [1.54, 1.807) is 6.08 Å². The van der Waals surface area contributed by atoms with Crippen LogP contribution in [0.1, 0.15) is 75.3 Å². The van der Waals surface area contributed by atoms with Gasteiger partial charge in [-0.3, -0.25) is 0 Å². The molecule has 0 bridgehead atoms. The van der Waals surface area contributed by atoms with Gasteiger partial charge in [-0.25, -0.2) is 8.78 Å². The number of alkyl halides is 2. The van der Waals surface area contributed by atoms with Gasteiger partial charge in [0.25, 0.3) is 0 Å². The third kappa shape index (κ3) is 6.45. The molecule has 1 saturated carbocycles. The maximum atomic E-state index is 12.0. The van der Waals surface area contributed by atoms with E-state index in [0.29, 0.717) is 0 Å². The van der Waals surface area contributed by atoms with Crippen LogP contribution in [0.3, 0.4) is 0 Å². The summed E-state index contributed by atoms with van der Waals surface area (Å²) in [6, 6.07) is 9.18. The van der Waals surface area contributed by atoms with E-state index in [9.17, 15) is 8.78 Å². The fourth-order valence-electron chi connectivity index (χ4n) is 3.65. The number of unbranched alkanes of at least 4 members (excludes halogenated alkanes) is 1. The Morgan fingerprint density at radius 3 is 2.35 bits per heavy atom. The molecule has 0 atom stereocenters. The molecule has 2 rings (SSSR count). The van der Waals surface area contributed by atoms with Gasteiger partial charge in [0.15, 0.2) is 0 Å². The highest BCUT2D eigenvalue weighted by molar-refractivity contribution is 5.25. The summed E-state index contributed by atoms with van der Waals surface area (Å²) in [6.45, 7) is 2.20. The number of hydrogen-bond donors (Lipinski definition) is 0. The van der Waals surface area contributed by atoms with Crippen LogP contribution in [0, 0.1) is 5.92 Å². The maximum Gasteiger partial charge on any atom is 0.242 e. The molecule has 2 heteroatoms. The van der Waals surface area contributed by atoms with E-state index in [1.165, 1.54) is 43.2 Å². The summed E-state index contributed by atoms with van der Waals surface area (Å²) in [5, 5.41) is 0. The van der Waals surface area contributed by atoms with Crippen LogP contribution in [0.15, 0.2) is 36.4 Å². The lowest BCUT2D eigenvalue weighted by Gasteiger charge is -2.29. The molecular weight excluding hydrogens is 290 g/mol. The van der Waals surface area contributed by atoms with Crippen LogP contribution < -0.4 is 0 Å². The molecule has 1 aliphatic carbocycles. The number of halogens is 2. The Bertz CT molecular complexity index is 453. The average molecular weight is 320 g/mol. The first kappa shape index (κ1) is 18.2. The van der Waals surface area contributed by atoms with E-state index in [2.05, 4.69) is 31.2 Å². The second-order valence-corrected chi connectivity index (χ2v) is 6.84. The lowest BCUT2D eigenvalue weighted by molar-refractivity contribution is 0.152. The summed E-state index contributed by atoms with van der Waals surface area (Å²) >= 11 is 0. The lowest BCUT2D eigenvalue weighted by Crippen LogP contribution is -2.13. The van der Waals surface area contributed by atoms with Crippen molar-refractivity contribution < 1.29 is 8.78 Å². The molecule has 1 fully saturated rings. The Balaban J connectivity index is 1.64. The van der Waals surface area contributed by atoms with Gasteiger partial charge in [0.2, 0.25) is 6.43 Å². The molecule has 0 saturated heterocycles. The molecule has 0 N–H and O–H groups in total. The summed E-state index contributed by atoms with van der Waals surface area (Å²) in [4.78, 5) is 0. The largest absolute Gasteiger partial charge is 0.242 e. The first-order valence-corrected chi connectivity index (χ1v) is 9.21. The summed E-state index contributed by atoms with van der Waals surface area (Å²) in [5.74, 6) is 1.58. The zero-order chi connectivity index (χ0) is 16.5. The fraction of sp³-hybridized carbons (Fsp3) is 0.619. The molecule has 1 aromatic carbocycles. The van der Waals surface area contributed by atoms with E-state index >= 15 is 0 Å². The van der Waals surface area contributed by atoms with Crippen LogP contribution in [0.25, 0.3) is 0 Å². The van der Waals surface area contributed by atoms with Crippen molar-refractivity contribution in [1.29, 1.82) is 0 Å². The van der Waals surface area contributed by atoms with Gasteiger partial charge in [0.05, 0.1) is 0 Å². The normalized spacial score (nSPS) is 22.1. The van der Waals surface area contributed by atoms with Crippen LogP contribution in [0.4, 0.5) is 8.78 Å². The van der Waals surface area contributed by atoms with Gasteiger partial charge in [-0.05, 0) is 67.9 Å². The van der Waals surface area contributed by atoms with Crippen LogP contribution in [-0.2, 0) is 6.42 Å². The predicted molar refractivity (Wildman–Crippen MR) is 94.1 cm³/mol. The molecule has 0 unspecified atom stereocenters. The number of allylic oxidation sites excluding steroid dienone is 2. The minimum atomic E-state index is -2.20. The van der Waals surface area contributed by atoms with Gasteiger partial charge in [0.1, 0.15) is 0 Å². The molecule has 1 aromatic rings. The Hall–Kier alpha value is -1.18. The van der Waals surface area contributed by atoms with Crippen molar-refractivity contribution in [2.75, 3.05) is 0 Å². The van der Waals surface area contributed by atoms with Gasteiger partial charge in [-0.1, -0.05) is 49.8 Å². The number of benzene rings is 1. The van der Waals surface area contributed by atoms with Crippen molar-refractivity contribution in [3.05, 3.63) is 47.5 Å². The summed E-state index contributed by atoms with van der Waals surface area (Å²) < 4.78 is 24.0. The second-order valence-electron chi connectivity index (χ2n) is 6.84. The first-order valence-electron chi connectivity index (χ1n) is 9.21. The third-order valence-electron chi connectivity index (χ3n) is 5.17. The van der Waals surface area contributed by atoms with Crippen molar-refractivity contribution in [2.24, 2.45) is 5.92 Å². The fourth-order valence-corrected chi connectivity index (χ4v) is 3.65. The van der Waals surface area contributed by atoms with E-state index in [1.807, 2.05) is 6.08 Å². The summed E-state index contributed by atoms with van der Waals surface area (Å²) in [6.07, 6.45) is 10.9. The second kappa shape index (κ2) is 9.85. The van der Waals surface area contributed by atoms with Crippen molar-refractivity contribution in [3.63, 3.8) is 0 Å². The Morgan fingerprint density at radius 1 is 1.04 bits per heavy atom. The highest BCUT2D eigenvalue weighted by Crippen LogP contribution is 2.37. The van der Waals surface area contributed by atoms with Crippen molar-refractivity contribution in [1.82, 2.24) is 0 Å². The van der Waals surface area contributed by atoms with Gasteiger partial charge in [-0.2, -0.15) is 0 Å². The average Bonchev–Trinajstić information content (AvgIpc) is 2.58. The Labute approximate surface area is 140 Å². The number of aryl methyl sites for hydroxylation is 1. The summed E-state index contributed by atoms with van der Waals surface area (Å²) in [7, 11) is 0. The molecular formula is C21H30F2. The van der Waals surface area contributed by atoms with Crippen LogP contribution in [0.5, 0.6) is 0 Å². The molecule has 0 nitrogen and oxygen atoms in total. The SMILES string of the molecule is CCc1ccc(C2CCC(CCC/C=C/CC(F)F)CC2)cc1. The molecule has 23 heavy (non-hydrogen) atoms. The quantitative estimate of drug-likeness (QED) is 0.361. The molecule has 0 amide bonds. The lowest BCUT2D eigenvalue weighted by atomic mass is 9.77. The van der Waals surface area contributed by atoms with Gasteiger partial charge in [0, 0.05) is 6.42 Å².